The fourth-order valence-corrected chi connectivity index (χ4v) is 5.04. The minimum Gasteiger partial charge on any atom is -0.368 e. The third-order valence-corrected chi connectivity index (χ3v) is 6.56. The predicted molar refractivity (Wildman–Crippen MR) is 118 cm³/mol. The molecule has 2 aromatic rings. The van der Waals surface area contributed by atoms with Crippen LogP contribution in [0.15, 0.2) is 48.5 Å². The van der Waals surface area contributed by atoms with Gasteiger partial charge in [0, 0.05) is 36.9 Å². The lowest BCUT2D eigenvalue weighted by Gasteiger charge is -2.39. The number of benzene rings is 2. The first-order valence-electron chi connectivity index (χ1n) is 9.52. The summed E-state index contributed by atoms with van der Waals surface area (Å²) in [4.78, 5) is 17.0. The molecule has 0 aromatic heterocycles. The normalized spacial score (nSPS) is 15.9. The number of carbonyl (C=O) groups excluding carboxylic acids is 1. The van der Waals surface area contributed by atoms with E-state index in [1.54, 1.807) is 30.0 Å². The summed E-state index contributed by atoms with van der Waals surface area (Å²) in [5, 5.41) is 0.677. The van der Waals surface area contributed by atoms with Crippen molar-refractivity contribution in [3.63, 3.8) is 0 Å². The number of aryl methyl sites for hydroxylation is 1. The van der Waals surface area contributed by atoms with Gasteiger partial charge in [0.05, 0.1) is 11.9 Å². The molecule has 8 heteroatoms. The highest BCUT2D eigenvalue weighted by molar-refractivity contribution is 7.92. The molecule has 1 fully saturated rings. The Labute approximate surface area is 177 Å². The zero-order valence-corrected chi connectivity index (χ0v) is 18.4. The molecule has 1 saturated heterocycles. The predicted octanol–water partition coefficient (Wildman–Crippen LogP) is 3.15. The van der Waals surface area contributed by atoms with Crippen molar-refractivity contribution in [3.05, 3.63) is 59.1 Å². The lowest BCUT2D eigenvalue weighted by Crippen LogP contribution is -2.55. The topological polar surface area (TPSA) is 60.9 Å². The quantitative estimate of drug-likeness (QED) is 0.723. The van der Waals surface area contributed by atoms with E-state index in [1.807, 2.05) is 37.3 Å². The molecule has 1 atom stereocenters. The first-order valence-corrected chi connectivity index (χ1v) is 11.7. The van der Waals surface area contributed by atoms with E-state index in [0.29, 0.717) is 36.9 Å². The van der Waals surface area contributed by atoms with Crippen LogP contribution in [-0.4, -0.2) is 57.7 Å². The van der Waals surface area contributed by atoms with Crippen LogP contribution in [0, 0.1) is 6.92 Å². The van der Waals surface area contributed by atoms with Crippen LogP contribution in [0.25, 0.3) is 0 Å². The molecule has 2 aromatic carbocycles. The van der Waals surface area contributed by atoms with E-state index in [1.165, 1.54) is 4.31 Å². The van der Waals surface area contributed by atoms with Gasteiger partial charge in [0.15, 0.2) is 0 Å². The zero-order chi connectivity index (χ0) is 21.2. The molecule has 3 rings (SSSR count). The molecule has 6 nitrogen and oxygen atoms in total. The Hall–Kier alpha value is -2.25. The van der Waals surface area contributed by atoms with E-state index >= 15 is 0 Å². The van der Waals surface area contributed by atoms with E-state index < -0.39 is 16.1 Å². The van der Waals surface area contributed by atoms with Gasteiger partial charge in [-0.15, -0.1) is 0 Å². The number of sulfonamides is 1. The van der Waals surface area contributed by atoms with E-state index in [2.05, 4.69) is 4.90 Å². The maximum absolute atomic E-state index is 13.1. The maximum atomic E-state index is 13.1. The third-order valence-electron chi connectivity index (χ3n) is 5.09. The summed E-state index contributed by atoms with van der Waals surface area (Å²) < 4.78 is 26.2. The molecule has 0 saturated carbocycles. The van der Waals surface area contributed by atoms with Crippen molar-refractivity contribution in [2.45, 2.75) is 19.9 Å². The van der Waals surface area contributed by atoms with E-state index in [0.717, 1.165) is 17.5 Å². The first-order chi connectivity index (χ1) is 13.7. The summed E-state index contributed by atoms with van der Waals surface area (Å²) in [6.45, 7) is 5.94. The summed E-state index contributed by atoms with van der Waals surface area (Å²) in [5.41, 5.74) is 2.46. The average Bonchev–Trinajstić information content (AvgIpc) is 2.66. The lowest BCUT2D eigenvalue weighted by molar-refractivity contribution is -0.132. The summed E-state index contributed by atoms with van der Waals surface area (Å²) in [6.07, 6.45) is 1.14. The zero-order valence-electron chi connectivity index (χ0n) is 16.9. The number of nitrogens with zero attached hydrogens (tertiary/aromatic N) is 3. The van der Waals surface area contributed by atoms with E-state index in [-0.39, 0.29) is 5.91 Å². The Morgan fingerprint density at radius 2 is 1.72 bits per heavy atom. The van der Waals surface area contributed by atoms with Crippen molar-refractivity contribution < 1.29 is 13.2 Å². The fraction of sp³-hybridized carbons (Fsp3) is 0.381. The number of anilines is 2. The highest BCUT2D eigenvalue weighted by Crippen LogP contribution is 2.24. The van der Waals surface area contributed by atoms with E-state index in [9.17, 15) is 13.2 Å². The number of piperazine rings is 1. The van der Waals surface area contributed by atoms with Gasteiger partial charge in [-0.3, -0.25) is 9.10 Å². The standard InChI is InChI=1S/C21H26ClN3O3S/c1-16-6-4-9-20(14-16)25(29(3,27)28)17(2)21(26)24-12-10-23(11-13-24)19-8-5-7-18(22)15-19/h4-9,14-15,17H,10-13H2,1-3H3/t17-/m1/s1. The molecule has 0 spiro atoms. The Balaban J connectivity index is 1.73. The number of hydrogen-bond acceptors (Lipinski definition) is 4. The number of hydrogen-bond donors (Lipinski definition) is 0. The van der Waals surface area contributed by atoms with Crippen molar-refractivity contribution in [2.75, 3.05) is 41.6 Å². The second-order valence-corrected chi connectivity index (χ2v) is 9.66. The Morgan fingerprint density at radius 3 is 2.31 bits per heavy atom. The van der Waals surface area contributed by atoms with Gasteiger partial charge in [0.25, 0.3) is 0 Å². The largest absolute Gasteiger partial charge is 0.368 e. The van der Waals surface area contributed by atoms with Crippen LogP contribution in [0.5, 0.6) is 0 Å². The fourth-order valence-electron chi connectivity index (χ4n) is 3.69. The van der Waals surface area contributed by atoms with Gasteiger partial charge in [-0.05, 0) is 49.7 Å². The number of halogens is 1. The Morgan fingerprint density at radius 1 is 1.07 bits per heavy atom. The molecule has 0 aliphatic carbocycles. The second-order valence-electron chi connectivity index (χ2n) is 7.37. The lowest BCUT2D eigenvalue weighted by atomic mass is 10.2. The monoisotopic (exact) mass is 435 g/mol. The molecule has 0 bridgehead atoms. The summed E-state index contributed by atoms with van der Waals surface area (Å²) >= 11 is 6.08. The van der Waals surface area contributed by atoms with Gasteiger partial charge < -0.3 is 9.80 Å². The highest BCUT2D eigenvalue weighted by Gasteiger charge is 2.33. The molecule has 29 heavy (non-hydrogen) atoms. The van der Waals surface area contributed by atoms with Gasteiger partial charge in [-0.1, -0.05) is 29.8 Å². The molecular weight excluding hydrogens is 410 g/mol. The number of amides is 1. The minimum atomic E-state index is -3.62. The number of rotatable bonds is 5. The molecule has 156 valence electrons. The van der Waals surface area contributed by atoms with Crippen molar-refractivity contribution >= 4 is 38.9 Å². The number of carbonyl (C=O) groups is 1. The first kappa shape index (κ1) is 21.5. The maximum Gasteiger partial charge on any atom is 0.246 e. The van der Waals surface area contributed by atoms with Crippen LogP contribution in [0.1, 0.15) is 12.5 Å². The van der Waals surface area contributed by atoms with Crippen LogP contribution < -0.4 is 9.21 Å². The highest BCUT2D eigenvalue weighted by atomic mass is 35.5. The van der Waals surface area contributed by atoms with Gasteiger partial charge in [0.2, 0.25) is 15.9 Å². The average molecular weight is 436 g/mol. The molecule has 1 amide bonds. The summed E-state index contributed by atoms with van der Waals surface area (Å²) in [7, 11) is -3.62. The Kier molecular flexibility index (Phi) is 6.39. The van der Waals surface area contributed by atoms with Gasteiger partial charge >= 0.3 is 0 Å². The molecule has 0 unspecified atom stereocenters. The molecule has 1 aliphatic rings. The molecule has 0 N–H and O–H groups in total. The second kappa shape index (κ2) is 8.63. The van der Waals surface area contributed by atoms with Gasteiger partial charge in [-0.25, -0.2) is 8.42 Å². The van der Waals surface area contributed by atoms with Crippen LogP contribution in [0.4, 0.5) is 11.4 Å². The van der Waals surface area contributed by atoms with Crippen molar-refractivity contribution in [3.8, 4) is 0 Å². The van der Waals surface area contributed by atoms with Crippen LogP contribution in [-0.2, 0) is 14.8 Å². The SMILES string of the molecule is Cc1cccc(N([C@H](C)C(=O)N2CCN(c3cccc(Cl)c3)CC2)S(C)(=O)=O)c1. The third kappa shape index (κ3) is 5.03. The van der Waals surface area contributed by atoms with Crippen molar-refractivity contribution in [1.82, 2.24) is 4.90 Å². The van der Waals surface area contributed by atoms with Crippen molar-refractivity contribution in [2.24, 2.45) is 0 Å². The van der Waals surface area contributed by atoms with Crippen LogP contribution in [0.2, 0.25) is 5.02 Å². The van der Waals surface area contributed by atoms with Gasteiger partial charge in [0.1, 0.15) is 6.04 Å². The van der Waals surface area contributed by atoms with Crippen molar-refractivity contribution in [1.29, 1.82) is 0 Å². The summed E-state index contributed by atoms with van der Waals surface area (Å²) in [6, 6.07) is 14.0. The van der Waals surface area contributed by atoms with E-state index in [4.69, 9.17) is 11.6 Å². The minimum absolute atomic E-state index is 0.192. The van der Waals surface area contributed by atoms with Crippen LogP contribution >= 0.6 is 11.6 Å². The summed E-state index contributed by atoms with van der Waals surface area (Å²) in [5.74, 6) is -0.192. The molecule has 1 aliphatic heterocycles. The van der Waals surface area contributed by atoms with Crippen LogP contribution in [0.3, 0.4) is 0 Å². The Bertz CT molecular complexity index is 988. The molecule has 1 heterocycles. The molecular formula is C21H26ClN3O3S. The smallest absolute Gasteiger partial charge is 0.246 e. The van der Waals surface area contributed by atoms with Gasteiger partial charge in [-0.2, -0.15) is 0 Å². The molecule has 0 radical (unpaired) electrons.